The fourth-order valence-electron chi connectivity index (χ4n) is 1.63. The van der Waals surface area contributed by atoms with Gasteiger partial charge in [0, 0.05) is 0 Å². The van der Waals surface area contributed by atoms with Crippen molar-refractivity contribution < 1.29 is 24.2 Å². The molecule has 1 aromatic carbocycles. The summed E-state index contributed by atoms with van der Waals surface area (Å²) in [5.41, 5.74) is 0.298. The van der Waals surface area contributed by atoms with Crippen molar-refractivity contribution in [1.29, 1.82) is 0 Å². The Morgan fingerprint density at radius 3 is 2.72 bits per heavy atom. The smallest absolute Gasteiger partial charge is 0.337 e. The fraction of sp³-hybridized carbons (Fsp3) is 0.333. The van der Waals surface area contributed by atoms with Gasteiger partial charge in [0.1, 0.15) is 0 Å². The van der Waals surface area contributed by atoms with Gasteiger partial charge in [-0.1, -0.05) is 12.1 Å². The van der Waals surface area contributed by atoms with Gasteiger partial charge < -0.3 is 19.9 Å². The Morgan fingerprint density at radius 2 is 2.06 bits per heavy atom. The Hall–Kier alpha value is -1.92. The van der Waals surface area contributed by atoms with Crippen molar-refractivity contribution >= 4 is 17.6 Å². The molecule has 1 amide bonds. The van der Waals surface area contributed by atoms with Crippen molar-refractivity contribution in [2.45, 2.75) is 6.10 Å². The summed E-state index contributed by atoms with van der Waals surface area (Å²) in [6.07, 6.45) is -0.694. The standard InChI is InChI=1S/C12H13NO5/c14-11(10-7-17-5-6-18-10)13-9-4-2-1-3-8(9)12(15)16/h1-4,10H,5-7H2,(H,13,14)(H,15,16). The second kappa shape index (κ2) is 5.61. The van der Waals surface area contributed by atoms with Crippen molar-refractivity contribution in [2.75, 3.05) is 25.1 Å². The van der Waals surface area contributed by atoms with Gasteiger partial charge in [-0.05, 0) is 12.1 Å². The van der Waals surface area contributed by atoms with Crippen LogP contribution in [0.4, 0.5) is 5.69 Å². The number of carbonyl (C=O) groups is 2. The van der Waals surface area contributed by atoms with Gasteiger partial charge in [0.15, 0.2) is 6.10 Å². The normalized spacial score (nSPS) is 19.2. The average Bonchev–Trinajstić information content (AvgIpc) is 2.40. The van der Waals surface area contributed by atoms with Gasteiger partial charge in [-0.2, -0.15) is 0 Å². The molecule has 6 heteroatoms. The number of ether oxygens (including phenoxy) is 2. The van der Waals surface area contributed by atoms with Gasteiger partial charge in [0.25, 0.3) is 5.91 Å². The Kier molecular flexibility index (Phi) is 3.91. The van der Waals surface area contributed by atoms with Crippen molar-refractivity contribution in [3.05, 3.63) is 29.8 Å². The highest BCUT2D eigenvalue weighted by Gasteiger charge is 2.23. The maximum absolute atomic E-state index is 11.8. The van der Waals surface area contributed by atoms with E-state index in [0.717, 1.165) is 0 Å². The third-order valence-corrected chi connectivity index (χ3v) is 2.52. The molecule has 1 aromatic rings. The van der Waals surface area contributed by atoms with Crippen LogP contribution in [0.15, 0.2) is 24.3 Å². The molecule has 1 heterocycles. The van der Waals surface area contributed by atoms with E-state index in [-0.39, 0.29) is 17.9 Å². The molecular formula is C12H13NO5. The minimum Gasteiger partial charge on any atom is -0.478 e. The highest BCUT2D eigenvalue weighted by Crippen LogP contribution is 2.16. The molecule has 18 heavy (non-hydrogen) atoms. The Labute approximate surface area is 104 Å². The molecule has 1 atom stereocenters. The highest BCUT2D eigenvalue weighted by molar-refractivity contribution is 6.01. The second-order valence-electron chi connectivity index (χ2n) is 3.77. The van der Waals surface area contributed by atoms with Crippen molar-refractivity contribution in [3.63, 3.8) is 0 Å². The molecule has 1 unspecified atom stereocenters. The van der Waals surface area contributed by atoms with E-state index in [9.17, 15) is 9.59 Å². The molecule has 1 aliphatic rings. The van der Waals surface area contributed by atoms with Crippen LogP contribution in [0, 0.1) is 0 Å². The lowest BCUT2D eigenvalue weighted by molar-refractivity contribution is -0.142. The van der Waals surface area contributed by atoms with E-state index in [0.29, 0.717) is 13.2 Å². The van der Waals surface area contributed by atoms with E-state index < -0.39 is 18.0 Å². The van der Waals surface area contributed by atoms with Crippen LogP contribution >= 0.6 is 0 Å². The van der Waals surface area contributed by atoms with Gasteiger partial charge in [-0.25, -0.2) is 4.79 Å². The molecule has 2 rings (SSSR count). The van der Waals surface area contributed by atoms with Crippen molar-refractivity contribution in [3.8, 4) is 0 Å². The number of hydrogen-bond acceptors (Lipinski definition) is 4. The fourth-order valence-corrected chi connectivity index (χ4v) is 1.63. The predicted molar refractivity (Wildman–Crippen MR) is 62.6 cm³/mol. The van der Waals surface area contributed by atoms with E-state index in [1.54, 1.807) is 12.1 Å². The molecule has 0 spiro atoms. The Morgan fingerprint density at radius 1 is 1.28 bits per heavy atom. The van der Waals surface area contributed by atoms with Crippen LogP contribution in [0.5, 0.6) is 0 Å². The second-order valence-corrected chi connectivity index (χ2v) is 3.77. The highest BCUT2D eigenvalue weighted by atomic mass is 16.6. The first-order valence-corrected chi connectivity index (χ1v) is 5.51. The summed E-state index contributed by atoms with van der Waals surface area (Å²) in [4.78, 5) is 22.8. The molecule has 0 aromatic heterocycles. The van der Waals surface area contributed by atoms with Crippen LogP contribution in [0.1, 0.15) is 10.4 Å². The molecule has 1 fully saturated rings. The topological polar surface area (TPSA) is 84.9 Å². The summed E-state index contributed by atoms with van der Waals surface area (Å²) in [7, 11) is 0. The Bertz CT molecular complexity index is 454. The number of hydrogen-bond donors (Lipinski definition) is 2. The SMILES string of the molecule is O=C(O)c1ccccc1NC(=O)C1COCCO1. The van der Waals surface area contributed by atoms with E-state index >= 15 is 0 Å². The first-order chi connectivity index (χ1) is 8.68. The zero-order chi connectivity index (χ0) is 13.0. The zero-order valence-corrected chi connectivity index (χ0v) is 9.59. The molecule has 1 saturated heterocycles. The lowest BCUT2D eigenvalue weighted by atomic mass is 10.1. The molecule has 0 radical (unpaired) electrons. The van der Waals surface area contributed by atoms with Crippen LogP contribution in [-0.2, 0) is 14.3 Å². The molecule has 1 aliphatic heterocycles. The number of rotatable bonds is 3. The van der Waals surface area contributed by atoms with Crippen LogP contribution < -0.4 is 5.32 Å². The van der Waals surface area contributed by atoms with Gasteiger partial charge >= 0.3 is 5.97 Å². The molecule has 0 aliphatic carbocycles. The van der Waals surface area contributed by atoms with E-state index in [1.165, 1.54) is 12.1 Å². The van der Waals surface area contributed by atoms with Crippen LogP contribution in [0.3, 0.4) is 0 Å². The number of benzene rings is 1. The van der Waals surface area contributed by atoms with Crippen LogP contribution in [0.25, 0.3) is 0 Å². The van der Waals surface area contributed by atoms with Gasteiger partial charge in [0.05, 0.1) is 31.1 Å². The summed E-state index contributed by atoms with van der Waals surface area (Å²) in [6, 6.07) is 6.21. The minimum atomic E-state index is -1.09. The number of nitrogens with one attached hydrogen (secondary N) is 1. The van der Waals surface area contributed by atoms with Gasteiger partial charge in [-0.15, -0.1) is 0 Å². The minimum absolute atomic E-state index is 0.0441. The number of anilines is 1. The largest absolute Gasteiger partial charge is 0.478 e. The number of carboxylic acid groups (broad SMARTS) is 1. The van der Waals surface area contributed by atoms with Crippen molar-refractivity contribution in [1.82, 2.24) is 0 Å². The number of carbonyl (C=O) groups excluding carboxylic acids is 1. The molecule has 96 valence electrons. The van der Waals surface area contributed by atoms with E-state index in [4.69, 9.17) is 14.6 Å². The average molecular weight is 251 g/mol. The van der Waals surface area contributed by atoms with E-state index in [2.05, 4.69) is 5.32 Å². The monoisotopic (exact) mass is 251 g/mol. The van der Waals surface area contributed by atoms with Gasteiger partial charge in [-0.3, -0.25) is 4.79 Å². The lowest BCUT2D eigenvalue weighted by Crippen LogP contribution is -2.39. The summed E-state index contributed by atoms with van der Waals surface area (Å²) in [5, 5.41) is 11.5. The first kappa shape index (κ1) is 12.5. The lowest BCUT2D eigenvalue weighted by Gasteiger charge is -2.22. The summed E-state index contributed by atoms with van der Waals surface area (Å²) in [5.74, 6) is -1.49. The van der Waals surface area contributed by atoms with Crippen molar-refractivity contribution in [2.24, 2.45) is 0 Å². The first-order valence-electron chi connectivity index (χ1n) is 5.51. The third kappa shape index (κ3) is 2.85. The van der Waals surface area contributed by atoms with Crippen LogP contribution in [0.2, 0.25) is 0 Å². The number of amides is 1. The molecule has 2 N–H and O–H groups in total. The molecule has 6 nitrogen and oxygen atoms in total. The number of carboxylic acids is 1. The molecular weight excluding hydrogens is 238 g/mol. The molecule has 0 saturated carbocycles. The van der Waals surface area contributed by atoms with E-state index in [1.807, 2.05) is 0 Å². The maximum Gasteiger partial charge on any atom is 0.337 e. The summed E-state index contributed by atoms with van der Waals surface area (Å²) in [6.45, 7) is 1.01. The third-order valence-electron chi connectivity index (χ3n) is 2.52. The summed E-state index contributed by atoms with van der Waals surface area (Å²) < 4.78 is 10.3. The maximum atomic E-state index is 11.8. The number of para-hydroxylation sites is 1. The number of aromatic carboxylic acids is 1. The Balaban J connectivity index is 2.08. The zero-order valence-electron chi connectivity index (χ0n) is 9.59. The quantitative estimate of drug-likeness (QED) is 0.827. The summed E-state index contributed by atoms with van der Waals surface area (Å²) >= 11 is 0. The predicted octanol–water partition coefficient (Wildman–Crippen LogP) is 0.739. The molecule has 0 bridgehead atoms. The van der Waals surface area contributed by atoms with Crippen LogP contribution in [-0.4, -0.2) is 42.9 Å². The van der Waals surface area contributed by atoms with Gasteiger partial charge in [0.2, 0.25) is 0 Å².